The summed E-state index contributed by atoms with van der Waals surface area (Å²) >= 11 is 0. The summed E-state index contributed by atoms with van der Waals surface area (Å²) in [6, 6.07) is 0. The van der Waals surface area contributed by atoms with Crippen molar-refractivity contribution >= 4 is 5.71 Å². The van der Waals surface area contributed by atoms with Crippen LogP contribution in [0, 0.1) is 10.8 Å². The molecule has 2 nitrogen and oxygen atoms in total. The maximum atomic E-state index is 8.84. The Balaban J connectivity index is 2.83. The summed E-state index contributed by atoms with van der Waals surface area (Å²) in [7, 11) is 0. The van der Waals surface area contributed by atoms with E-state index in [4.69, 9.17) is 5.21 Å². The number of oxime groups is 1. The van der Waals surface area contributed by atoms with E-state index in [0.29, 0.717) is 10.8 Å². The maximum Gasteiger partial charge on any atom is 0.0581 e. The summed E-state index contributed by atoms with van der Waals surface area (Å²) in [4.78, 5) is 0. The van der Waals surface area contributed by atoms with Crippen LogP contribution in [0.1, 0.15) is 53.4 Å². The molecule has 0 aliphatic heterocycles. The van der Waals surface area contributed by atoms with Crippen LogP contribution >= 0.6 is 0 Å². The fourth-order valence-electron chi connectivity index (χ4n) is 2.71. The van der Waals surface area contributed by atoms with Crippen LogP contribution in [0.3, 0.4) is 0 Å². The highest BCUT2D eigenvalue weighted by Crippen LogP contribution is 2.46. The summed E-state index contributed by atoms with van der Waals surface area (Å²) in [6.07, 6.45) is 4.30. The van der Waals surface area contributed by atoms with Gasteiger partial charge in [0.15, 0.2) is 0 Å². The zero-order valence-corrected chi connectivity index (χ0v) is 9.22. The van der Waals surface area contributed by atoms with Gasteiger partial charge in [0.05, 0.1) is 5.71 Å². The smallest absolute Gasteiger partial charge is 0.0581 e. The van der Waals surface area contributed by atoms with Crippen LogP contribution in [0.4, 0.5) is 0 Å². The Kier molecular flexibility index (Phi) is 2.69. The molecule has 0 spiro atoms. The molecule has 1 aliphatic carbocycles. The van der Waals surface area contributed by atoms with Crippen molar-refractivity contribution in [2.75, 3.05) is 0 Å². The van der Waals surface area contributed by atoms with E-state index < -0.39 is 0 Å². The predicted molar refractivity (Wildman–Crippen MR) is 55.3 cm³/mol. The molecule has 1 aliphatic rings. The van der Waals surface area contributed by atoms with Gasteiger partial charge in [0, 0.05) is 0 Å². The molecular weight excluding hydrogens is 162 g/mol. The number of nitrogens with zero attached hydrogens (tertiary/aromatic N) is 1. The highest BCUT2D eigenvalue weighted by atomic mass is 16.4. The Bertz CT molecular complexity index is 220. The quantitative estimate of drug-likeness (QED) is 0.490. The lowest BCUT2D eigenvalue weighted by Gasteiger charge is -2.42. The summed E-state index contributed by atoms with van der Waals surface area (Å²) in [5, 5.41) is 12.2. The van der Waals surface area contributed by atoms with Gasteiger partial charge in [-0.2, -0.15) is 0 Å². The Morgan fingerprint density at radius 2 is 1.92 bits per heavy atom. The van der Waals surface area contributed by atoms with Crippen molar-refractivity contribution in [1.82, 2.24) is 0 Å². The second kappa shape index (κ2) is 3.32. The maximum absolute atomic E-state index is 8.84. The van der Waals surface area contributed by atoms with Crippen molar-refractivity contribution < 1.29 is 5.21 Å². The highest BCUT2D eigenvalue weighted by molar-refractivity contribution is 5.85. The lowest BCUT2D eigenvalue weighted by atomic mass is 9.63. The van der Waals surface area contributed by atoms with Gasteiger partial charge in [0.2, 0.25) is 0 Å². The number of hydrogen-bond acceptors (Lipinski definition) is 2. The summed E-state index contributed by atoms with van der Waals surface area (Å²) in [6.45, 7) is 9.02. The van der Waals surface area contributed by atoms with E-state index in [-0.39, 0.29) is 0 Å². The molecule has 1 saturated carbocycles. The first kappa shape index (κ1) is 10.6. The number of hydrogen-bond donors (Lipinski definition) is 1. The Labute approximate surface area is 81.0 Å². The third-order valence-electron chi connectivity index (χ3n) is 3.21. The molecule has 0 aromatic heterocycles. The highest BCUT2D eigenvalue weighted by Gasteiger charge is 2.38. The molecule has 1 N–H and O–H groups in total. The van der Waals surface area contributed by atoms with E-state index in [0.717, 1.165) is 25.0 Å². The molecule has 13 heavy (non-hydrogen) atoms. The summed E-state index contributed by atoms with van der Waals surface area (Å²) in [5.41, 5.74) is 1.61. The molecule has 76 valence electrons. The molecule has 0 saturated heterocycles. The molecule has 1 fully saturated rings. The second-order valence-electron chi connectivity index (χ2n) is 5.52. The molecule has 0 amide bonds. The average Bonchev–Trinajstić information content (AvgIpc) is 2.01. The number of rotatable bonds is 1. The van der Waals surface area contributed by atoms with Crippen molar-refractivity contribution in [3.63, 3.8) is 0 Å². The van der Waals surface area contributed by atoms with Gasteiger partial charge in [-0.15, -0.1) is 0 Å². The van der Waals surface area contributed by atoms with Gasteiger partial charge in [-0.3, -0.25) is 0 Å². The molecular formula is C11H21NO. The van der Waals surface area contributed by atoms with E-state index in [2.05, 4.69) is 32.9 Å². The van der Waals surface area contributed by atoms with E-state index in [9.17, 15) is 0 Å². The normalized spacial score (nSPS) is 36.5. The van der Waals surface area contributed by atoms with E-state index in [1.807, 2.05) is 0 Å². The Hall–Kier alpha value is -0.530. The topological polar surface area (TPSA) is 32.6 Å². The van der Waals surface area contributed by atoms with Gasteiger partial charge in [0.25, 0.3) is 0 Å². The van der Waals surface area contributed by atoms with E-state index in [1.54, 1.807) is 0 Å². The van der Waals surface area contributed by atoms with Crippen LogP contribution in [0.15, 0.2) is 5.16 Å². The van der Waals surface area contributed by atoms with Crippen molar-refractivity contribution in [2.24, 2.45) is 16.0 Å². The lowest BCUT2D eigenvalue weighted by molar-refractivity contribution is 0.152. The van der Waals surface area contributed by atoms with Gasteiger partial charge < -0.3 is 5.21 Å². The van der Waals surface area contributed by atoms with E-state index in [1.165, 1.54) is 6.42 Å². The summed E-state index contributed by atoms with van der Waals surface area (Å²) < 4.78 is 0. The molecule has 0 bridgehead atoms. The van der Waals surface area contributed by atoms with Crippen molar-refractivity contribution in [3.8, 4) is 0 Å². The minimum Gasteiger partial charge on any atom is -0.411 e. The third-order valence-corrected chi connectivity index (χ3v) is 3.21. The molecule has 1 atom stereocenters. The molecule has 1 rings (SSSR count). The minimum atomic E-state index is 0.296. The van der Waals surface area contributed by atoms with Gasteiger partial charge in [0.1, 0.15) is 0 Å². The Morgan fingerprint density at radius 1 is 1.31 bits per heavy atom. The zero-order valence-electron chi connectivity index (χ0n) is 9.22. The van der Waals surface area contributed by atoms with Gasteiger partial charge in [-0.25, -0.2) is 0 Å². The largest absolute Gasteiger partial charge is 0.411 e. The molecule has 1 unspecified atom stereocenters. The zero-order chi connectivity index (χ0) is 10.1. The first-order chi connectivity index (χ1) is 5.91. The van der Waals surface area contributed by atoms with Crippen molar-refractivity contribution in [3.05, 3.63) is 0 Å². The minimum absolute atomic E-state index is 0.296. The average molecular weight is 183 g/mol. The van der Waals surface area contributed by atoms with Crippen molar-refractivity contribution in [2.45, 2.75) is 53.4 Å². The van der Waals surface area contributed by atoms with Crippen LogP contribution in [0.2, 0.25) is 0 Å². The SMILES string of the molecule is CCC1(C)C/C(=N/O)CC(C)(C)C1. The molecule has 2 heteroatoms. The van der Waals surface area contributed by atoms with Crippen LogP contribution in [0.5, 0.6) is 0 Å². The van der Waals surface area contributed by atoms with Gasteiger partial charge in [-0.05, 0) is 30.1 Å². The van der Waals surface area contributed by atoms with Gasteiger partial charge in [-0.1, -0.05) is 39.3 Å². The van der Waals surface area contributed by atoms with Gasteiger partial charge >= 0.3 is 0 Å². The first-order valence-electron chi connectivity index (χ1n) is 5.11. The van der Waals surface area contributed by atoms with Crippen LogP contribution in [0.25, 0.3) is 0 Å². The molecule has 0 radical (unpaired) electrons. The summed E-state index contributed by atoms with van der Waals surface area (Å²) in [5.74, 6) is 0. The fourth-order valence-corrected chi connectivity index (χ4v) is 2.71. The fraction of sp³-hybridized carbons (Fsp3) is 0.909. The van der Waals surface area contributed by atoms with Crippen LogP contribution in [-0.2, 0) is 0 Å². The standard InChI is InChI=1S/C11H21NO/c1-5-11(4)7-9(12-13)6-10(2,3)8-11/h13H,5-8H2,1-4H3/b12-9+. The van der Waals surface area contributed by atoms with E-state index >= 15 is 0 Å². The van der Waals surface area contributed by atoms with Crippen molar-refractivity contribution in [1.29, 1.82) is 0 Å². The van der Waals surface area contributed by atoms with Crippen LogP contribution < -0.4 is 0 Å². The Morgan fingerprint density at radius 3 is 2.38 bits per heavy atom. The molecule has 0 heterocycles. The molecule has 0 aromatic carbocycles. The lowest BCUT2D eigenvalue weighted by Crippen LogP contribution is -2.35. The predicted octanol–water partition coefficient (Wildman–Crippen LogP) is 3.44. The second-order valence-corrected chi connectivity index (χ2v) is 5.52. The third kappa shape index (κ3) is 2.45. The van der Waals surface area contributed by atoms with Crippen LogP contribution in [-0.4, -0.2) is 10.9 Å². The monoisotopic (exact) mass is 183 g/mol. The first-order valence-corrected chi connectivity index (χ1v) is 5.11. The molecule has 0 aromatic rings.